The Balaban J connectivity index is 2.39. The van der Waals surface area contributed by atoms with E-state index in [1.54, 1.807) is 0 Å². The molecule has 10 heteroatoms. The number of sulfone groups is 1. The van der Waals surface area contributed by atoms with Gasteiger partial charge in [-0.1, -0.05) is 0 Å². The molecule has 0 radical (unpaired) electrons. The van der Waals surface area contributed by atoms with E-state index in [2.05, 4.69) is 5.32 Å². The number of carbonyl (C=O) groups is 1. The van der Waals surface area contributed by atoms with Gasteiger partial charge in [-0.05, 0) is 12.5 Å². The lowest BCUT2D eigenvalue weighted by Crippen LogP contribution is -2.21. The smallest absolute Gasteiger partial charge is 0.338 e. The minimum Gasteiger partial charge on any atom is -0.478 e. The molecule has 0 bridgehead atoms. The van der Waals surface area contributed by atoms with Gasteiger partial charge in [0.15, 0.2) is 9.84 Å². The van der Waals surface area contributed by atoms with Crippen LogP contribution in [0.1, 0.15) is 16.8 Å². The molecule has 21 heavy (non-hydrogen) atoms. The van der Waals surface area contributed by atoms with Crippen molar-refractivity contribution in [1.29, 1.82) is 0 Å². The first-order chi connectivity index (χ1) is 9.69. The zero-order valence-electron chi connectivity index (χ0n) is 10.6. The van der Waals surface area contributed by atoms with Gasteiger partial charge in [-0.2, -0.15) is 0 Å². The summed E-state index contributed by atoms with van der Waals surface area (Å²) in [5.41, 5.74) is -1.56. The summed E-state index contributed by atoms with van der Waals surface area (Å²) in [6.07, 6.45) is 0.249. The van der Waals surface area contributed by atoms with Gasteiger partial charge in [0.25, 0.3) is 5.69 Å². The molecule has 8 nitrogen and oxygen atoms in total. The SMILES string of the molecule is O=C(O)c1cc(NC2CCS(=O)(=O)C2)c([N+](=O)[O-])cc1F. The summed E-state index contributed by atoms with van der Waals surface area (Å²) in [5.74, 6) is -3.04. The van der Waals surface area contributed by atoms with Crippen molar-refractivity contribution < 1.29 is 27.6 Å². The highest BCUT2D eigenvalue weighted by molar-refractivity contribution is 7.91. The van der Waals surface area contributed by atoms with E-state index in [0.29, 0.717) is 6.07 Å². The first-order valence-corrected chi connectivity index (χ1v) is 7.70. The maximum absolute atomic E-state index is 13.5. The van der Waals surface area contributed by atoms with Crippen LogP contribution in [0, 0.1) is 15.9 Å². The third-order valence-corrected chi connectivity index (χ3v) is 4.87. The van der Waals surface area contributed by atoms with Crippen LogP contribution in [0.4, 0.5) is 15.8 Å². The molecule has 1 aromatic rings. The molecule has 114 valence electrons. The molecule has 1 unspecified atom stereocenters. The third-order valence-electron chi connectivity index (χ3n) is 3.10. The number of hydrogen-bond acceptors (Lipinski definition) is 6. The minimum absolute atomic E-state index is 0.0502. The second-order valence-electron chi connectivity index (χ2n) is 4.66. The van der Waals surface area contributed by atoms with Crippen molar-refractivity contribution in [3.8, 4) is 0 Å². The van der Waals surface area contributed by atoms with Crippen LogP contribution < -0.4 is 5.32 Å². The number of halogens is 1. The highest BCUT2D eigenvalue weighted by Gasteiger charge is 2.30. The molecule has 2 N–H and O–H groups in total. The van der Waals surface area contributed by atoms with Crippen molar-refractivity contribution in [1.82, 2.24) is 0 Å². The summed E-state index contributed by atoms with van der Waals surface area (Å²) in [5, 5.41) is 22.3. The quantitative estimate of drug-likeness (QED) is 0.627. The number of aromatic carboxylic acids is 1. The molecule has 0 spiro atoms. The standard InChI is InChI=1S/C11H11FN2O6S/c12-8-4-10(14(17)18)9(3-7(8)11(15)16)13-6-1-2-21(19,20)5-6/h3-4,6,13H,1-2,5H2,(H,15,16). The van der Waals surface area contributed by atoms with Crippen LogP contribution in [0.5, 0.6) is 0 Å². The number of carboxylic acid groups (broad SMARTS) is 1. The number of rotatable bonds is 4. The summed E-state index contributed by atoms with van der Waals surface area (Å²) in [7, 11) is -3.21. The second-order valence-corrected chi connectivity index (χ2v) is 6.88. The van der Waals surface area contributed by atoms with E-state index in [1.165, 1.54) is 0 Å². The van der Waals surface area contributed by atoms with E-state index >= 15 is 0 Å². The Bertz CT molecular complexity index is 718. The zero-order chi connectivity index (χ0) is 15.8. The lowest BCUT2D eigenvalue weighted by atomic mass is 10.1. The molecule has 1 saturated heterocycles. The molecule has 0 amide bonds. The Morgan fingerprint density at radius 2 is 2.14 bits per heavy atom. The lowest BCUT2D eigenvalue weighted by molar-refractivity contribution is -0.384. The molecule has 0 aliphatic carbocycles. The van der Waals surface area contributed by atoms with E-state index in [-0.39, 0.29) is 23.6 Å². The number of benzene rings is 1. The van der Waals surface area contributed by atoms with Gasteiger partial charge in [0.1, 0.15) is 11.5 Å². The van der Waals surface area contributed by atoms with Crippen LogP contribution in [0.25, 0.3) is 0 Å². The van der Waals surface area contributed by atoms with Gasteiger partial charge in [0.2, 0.25) is 0 Å². The molecule has 2 rings (SSSR count). The monoisotopic (exact) mass is 318 g/mol. The van der Waals surface area contributed by atoms with Gasteiger partial charge in [-0.25, -0.2) is 17.6 Å². The predicted molar refractivity (Wildman–Crippen MR) is 70.7 cm³/mol. The molecule has 1 aliphatic heterocycles. The van der Waals surface area contributed by atoms with E-state index < -0.39 is 43.8 Å². The van der Waals surface area contributed by atoms with Crippen molar-refractivity contribution in [2.75, 3.05) is 16.8 Å². The van der Waals surface area contributed by atoms with Gasteiger partial charge >= 0.3 is 5.97 Å². The number of hydrogen-bond donors (Lipinski definition) is 2. The summed E-state index contributed by atoms with van der Waals surface area (Å²) < 4.78 is 36.2. The maximum atomic E-state index is 13.5. The van der Waals surface area contributed by atoms with Crippen LogP contribution in [-0.2, 0) is 9.84 Å². The fourth-order valence-corrected chi connectivity index (χ4v) is 3.80. The first-order valence-electron chi connectivity index (χ1n) is 5.88. The largest absolute Gasteiger partial charge is 0.478 e. The number of nitro groups is 1. The van der Waals surface area contributed by atoms with Gasteiger partial charge in [0.05, 0.1) is 28.1 Å². The topological polar surface area (TPSA) is 127 Å². The molecular weight excluding hydrogens is 307 g/mol. The van der Waals surface area contributed by atoms with Crippen LogP contribution in [0.3, 0.4) is 0 Å². The van der Waals surface area contributed by atoms with Crippen LogP contribution in [-0.4, -0.2) is 42.0 Å². The van der Waals surface area contributed by atoms with E-state index in [1.807, 2.05) is 0 Å². The molecule has 0 aromatic heterocycles. The van der Waals surface area contributed by atoms with Crippen LogP contribution in [0.15, 0.2) is 12.1 Å². The zero-order valence-corrected chi connectivity index (χ0v) is 11.4. The number of carboxylic acids is 1. The number of nitrogens with zero attached hydrogens (tertiary/aromatic N) is 1. The number of nitrogens with one attached hydrogen (secondary N) is 1. The van der Waals surface area contributed by atoms with Gasteiger partial charge < -0.3 is 10.4 Å². The van der Waals surface area contributed by atoms with E-state index in [9.17, 15) is 27.7 Å². The fraction of sp³-hybridized carbons (Fsp3) is 0.364. The van der Waals surface area contributed by atoms with Crippen LogP contribution >= 0.6 is 0 Å². The fourth-order valence-electron chi connectivity index (χ4n) is 2.12. The number of nitro benzene ring substituents is 1. The Kier molecular flexibility index (Phi) is 3.81. The van der Waals surface area contributed by atoms with Gasteiger partial charge in [0, 0.05) is 6.04 Å². The van der Waals surface area contributed by atoms with E-state index in [0.717, 1.165) is 6.07 Å². The van der Waals surface area contributed by atoms with E-state index in [4.69, 9.17) is 5.11 Å². The molecule has 1 atom stereocenters. The van der Waals surface area contributed by atoms with Crippen molar-refractivity contribution in [3.63, 3.8) is 0 Å². The van der Waals surface area contributed by atoms with Crippen molar-refractivity contribution in [2.45, 2.75) is 12.5 Å². The summed E-state index contributed by atoms with van der Waals surface area (Å²) >= 11 is 0. The third kappa shape index (κ3) is 3.27. The Morgan fingerprint density at radius 3 is 2.62 bits per heavy atom. The van der Waals surface area contributed by atoms with Gasteiger partial charge in [-0.3, -0.25) is 10.1 Å². The van der Waals surface area contributed by atoms with Gasteiger partial charge in [-0.15, -0.1) is 0 Å². The Labute approximate surface area is 118 Å². The molecule has 1 aromatic carbocycles. The predicted octanol–water partition coefficient (Wildman–Crippen LogP) is 1.03. The highest BCUT2D eigenvalue weighted by Crippen LogP contribution is 2.30. The Morgan fingerprint density at radius 1 is 1.48 bits per heavy atom. The number of anilines is 1. The molecule has 0 saturated carbocycles. The summed E-state index contributed by atoms with van der Waals surface area (Å²) in [6.45, 7) is 0. The normalized spacial score (nSPS) is 20.1. The second kappa shape index (κ2) is 5.28. The molecular formula is C11H11FN2O6S. The molecule has 1 heterocycles. The Hall–Kier alpha value is -2.23. The van der Waals surface area contributed by atoms with Crippen molar-refractivity contribution in [3.05, 3.63) is 33.6 Å². The highest BCUT2D eigenvalue weighted by atomic mass is 32.2. The lowest BCUT2D eigenvalue weighted by Gasteiger charge is -2.13. The molecule has 1 aliphatic rings. The average molecular weight is 318 g/mol. The summed E-state index contributed by atoms with van der Waals surface area (Å²) in [6, 6.07) is 0.747. The maximum Gasteiger partial charge on any atom is 0.338 e. The van der Waals surface area contributed by atoms with Crippen LogP contribution in [0.2, 0.25) is 0 Å². The van der Waals surface area contributed by atoms with Crippen molar-refractivity contribution >= 4 is 27.2 Å². The first kappa shape index (κ1) is 15.2. The summed E-state index contributed by atoms with van der Waals surface area (Å²) in [4.78, 5) is 20.9. The minimum atomic E-state index is -3.21. The molecule has 1 fully saturated rings. The average Bonchev–Trinajstić information content (AvgIpc) is 2.69. The van der Waals surface area contributed by atoms with Crippen molar-refractivity contribution in [2.24, 2.45) is 0 Å².